The fraction of sp³-hybridized carbons (Fsp3) is 0.556. The number of anilines is 1. The predicted octanol–water partition coefficient (Wildman–Crippen LogP) is 1.90. The summed E-state index contributed by atoms with van der Waals surface area (Å²) in [6.07, 6.45) is 3.98. The van der Waals surface area contributed by atoms with Crippen LogP contribution in [0.3, 0.4) is 0 Å². The van der Waals surface area contributed by atoms with Gasteiger partial charge < -0.3 is 9.64 Å². The van der Waals surface area contributed by atoms with Crippen molar-refractivity contribution in [2.45, 2.75) is 38.1 Å². The molecule has 1 saturated carbocycles. The molecule has 0 bridgehead atoms. The van der Waals surface area contributed by atoms with Crippen LogP contribution in [0.1, 0.15) is 31.7 Å². The minimum Gasteiger partial charge on any atom is -0.468 e. The van der Waals surface area contributed by atoms with Crippen molar-refractivity contribution in [2.75, 3.05) is 25.1 Å². The zero-order valence-corrected chi connectivity index (χ0v) is 13.8. The van der Waals surface area contributed by atoms with Gasteiger partial charge in [0.2, 0.25) is 5.91 Å². The number of carbonyl (C=O) groups is 2. The fourth-order valence-electron chi connectivity index (χ4n) is 3.40. The van der Waals surface area contributed by atoms with Crippen LogP contribution >= 0.6 is 0 Å². The molecule has 1 atom stereocenters. The number of hydrogen-bond donors (Lipinski definition) is 1. The Hall–Kier alpha value is -1.88. The number of esters is 1. The van der Waals surface area contributed by atoms with Gasteiger partial charge in [-0.1, -0.05) is 18.2 Å². The van der Waals surface area contributed by atoms with Crippen LogP contribution in [0.15, 0.2) is 24.3 Å². The smallest absolute Gasteiger partial charge is 0.326 e. The Bertz CT molecular complexity index is 612. The summed E-state index contributed by atoms with van der Waals surface area (Å²) in [5.41, 5.74) is 1.45. The molecule has 1 fully saturated rings. The zero-order valence-electron chi connectivity index (χ0n) is 13.8. The van der Waals surface area contributed by atoms with E-state index in [1.165, 1.54) is 12.7 Å². The second-order valence-electron chi connectivity index (χ2n) is 6.60. The molecule has 124 valence electrons. The normalized spacial score (nSPS) is 19.7. The number of amides is 1. The summed E-state index contributed by atoms with van der Waals surface area (Å²) in [4.78, 5) is 26.6. The van der Waals surface area contributed by atoms with Gasteiger partial charge in [0.05, 0.1) is 13.7 Å². The highest BCUT2D eigenvalue weighted by Gasteiger charge is 2.48. The van der Waals surface area contributed by atoms with Gasteiger partial charge in [0.1, 0.15) is 5.54 Å². The first-order chi connectivity index (χ1) is 11.1. The van der Waals surface area contributed by atoms with Gasteiger partial charge in [0, 0.05) is 12.2 Å². The van der Waals surface area contributed by atoms with Crippen LogP contribution in [0.5, 0.6) is 0 Å². The maximum absolute atomic E-state index is 12.7. The molecule has 0 saturated heterocycles. The molecule has 2 aliphatic rings. The van der Waals surface area contributed by atoms with Crippen molar-refractivity contribution in [2.24, 2.45) is 5.92 Å². The Balaban J connectivity index is 1.69. The van der Waals surface area contributed by atoms with Gasteiger partial charge >= 0.3 is 5.97 Å². The van der Waals surface area contributed by atoms with Crippen molar-refractivity contribution in [3.8, 4) is 0 Å². The van der Waals surface area contributed by atoms with Crippen LogP contribution in [0, 0.1) is 5.92 Å². The van der Waals surface area contributed by atoms with Gasteiger partial charge in [0.15, 0.2) is 0 Å². The number of benzene rings is 1. The quantitative estimate of drug-likeness (QED) is 0.843. The summed E-state index contributed by atoms with van der Waals surface area (Å²) in [7, 11) is 1.40. The van der Waals surface area contributed by atoms with E-state index in [2.05, 4.69) is 11.4 Å². The molecular weight excluding hydrogens is 292 g/mol. The van der Waals surface area contributed by atoms with Gasteiger partial charge in [-0.3, -0.25) is 14.9 Å². The van der Waals surface area contributed by atoms with Gasteiger partial charge in [-0.25, -0.2) is 0 Å². The summed E-state index contributed by atoms with van der Waals surface area (Å²) in [6, 6.07) is 8.03. The van der Waals surface area contributed by atoms with Crippen LogP contribution in [0.4, 0.5) is 5.69 Å². The van der Waals surface area contributed by atoms with E-state index < -0.39 is 5.54 Å². The van der Waals surface area contributed by atoms with Crippen LogP contribution in [0.2, 0.25) is 0 Å². The summed E-state index contributed by atoms with van der Waals surface area (Å²) < 4.78 is 4.92. The highest BCUT2D eigenvalue weighted by Crippen LogP contribution is 2.40. The standard InChI is InChI=1S/C18H24N2O3/c1-18(14-9-10-14,17(22)23-2)19-12-16(21)20-11-5-7-13-6-3-4-8-15(13)20/h3-4,6,8,14,19H,5,7,9-12H2,1-2H3/t18-/m0/s1. The van der Waals surface area contributed by atoms with E-state index >= 15 is 0 Å². The van der Waals surface area contributed by atoms with Crippen molar-refractivity contribution in [1.82, 2.24) is 5.32 Å². The molecule has 0 spiro atoms. The number of methoxy groups -OCH3 is 1. The first-order valence-electron chi connectivity index (χ1n) is 8.28. The lowest BCUT2D eigenvalue weighted by molar-refractivity contribution is -0.149. The topological polar surface area (TPSA) is 58.6 Å². The summed E-state index contributed by atoms with van der Waals surface area (Å²) in [5, 5.41) is 3.17. The Morgan fingerprint density at radius 3 is 2.78 bits per heavy atom. The SMILES string of the molecule is COC(=O)[C@@](C)(NCC(=O)N1CCCc2ccccc21)C1CC1. The molecule has 0 aromatic heterocycles. The first kappa shape index (κ1) is 16.0. The van der Waals surface area contributed by atoms with Gasteiger partial charge in [-0.15, -0.1) is 0 Å². The largest absolute Gasteiger partial charge is 0.468 e. The van der Waals surface area contributed by atoms with E-state index in [4.69, 9.17) is 4.74 Å². The Kier molecular flexibility index (Phi) is 4.39. The lowest BCUT2D eigenvalue weighted by atomic mass is 9.95. The molecule has 0 unspecified atom stereocenters. The van der Waals surface area contributed by atoms with E-state index in [0.29, 0.717) is 0 Å². The molecule has 1 aromatic carbocycles. The third-order valence-corrected chi connectivity index (χ3v) is 5.02. The second kappa shape index (κ2) is 6.32. The molecule has 23 heavy (non-hydrogen) atoms. The molecule has 1 heterocycles. The Morgan fingerprint density at radius 2 is 2.09 bits per heavy atom. The van der Waals surface area contributed by atoms with Crippen molar-refractivity contribution in [3.05, 3.63) is 29.8 Å². The highest BCUT2D eigenvalue weighted by atomic mass is 16.5. The minimum atomic E-state index is -0.764. The van der Waals surface area contributed by atoms with Gasteiger partial charge in [0.25, 0.3) is 0 Å². The van der Waals surface area contributed by atoms with Crippen molar-refractivity contribution >= 4 is 17.6 Å². The summed E-state index contributed by atoms with van der Waals surface area (Å²) >= 11 is 0. The third-order valence-electron chi connectivity index (χ3n) is 5.02. The van der Waals surface area contributed by atoms with E-state index in [1.54, 1.807) is 0 Å². The van der Waals surface area contributed by atoms with E-state index in [1.807, 2.05) is 30.0 Å². The monoisotopic (exact) mass is 316 g/mol. The van der Waals surface area contributed by atoms with Crippen LogP contribution in [-0.4, -0.2) is 37.6 Å². The first-order valence-corrected chi connectivity index (χ1v) is 8.28. The lowest BCUT2D eigenvalue weighted by Crippen LogP contribution is -2.55. The zero-order chi connectivity index (χ0) is 16.4. The number of fused-ring (bicyclic) bond motifs is 1. The van der Waals surface area contributed by atoms with E-state index in [0.717, 1.165) is 37.9 Å². The molecule has 0 radical (unpaired) electrons. The summed E-state index contributed by atoms with van der Waals surface area (Å²) in [5.74, 6) is -0.0174. The molecular formula is C18H24N2O3. The van der Waals surface area contributed by atoms with E-state index in [-0.39, 0.29) is 24.3 Å². The molecule has 1 amide bonds. The molecule has 5 heteroatoms. The van der Waals surface area contributed by atoms with Crippen molar-refractivity contribution in [3.63, 3.8) is 0 Å². The molecule has 1 N–H and O–H groups in total. The summed E-state index contributed by atoms with van der Waals surface area (Å²) in [6.45, 7) is 2.72. The lowest BCUT2D eigenvalue weighted by Gasteiger charge is -2.32. The molecule has 1 aliphatic heterocycles. The number of nitrogens with one attached hydrogen (secondary N) is 1. The molecule has 3 rings (SSSR count). The molecule has 5 nitrogen and oxygen atoms in total. The Morgan fingerprint density at radius 1 is 1.35 bits per heavy atom. The van der Waals surface area contributed by atoms with Crippen molar-refractivity contribution < 1.29 is 14.3 Å². The number of rotatable bonds is 5. The second-order valence-corrected chi connectivity index (χ2v) is 6.60. The number of nitrogens with zero attached hydrogens (tertiary/aromatic N) is 1. The van der Waals surface area contributed by atoms with Gasteiger partial charge in [-0.2, -0.15) is 0 Å². The maximum Gasteiger partial charge on any atom is 0.326 e. The van der Waals surface area contributed by atoms with Gasteiger partial charge in [-0.05, 0) is 50.2 Å². The number of aryl methyl sites for hydroxylation is 1. The van der Waals surface area contributed by atoms with Crippen LogP contribution in [-0.2, 0) is 20.7 Å². The van der Waals surface area contributed by atoms with Crippen LogP contribution in [0.25, 0.3) is 0 Å². The predicted molar refractivity (Wildman–Crippen MR) is 88.3 cm³/mol. The molecule has 1 aliphatic carbocycles. The Labute approximate surface area is 137 Å². The van der Waals surface area contributed by atoms with E-state index in [9.17, 15) is 9.59 Å². The average molecular weight is 316 g/mol. The minimum absolute atomic E-state index is 0.00734. The number of carbonyl (C=O) groups excluding carboxylic acids is 2. The van der Waals surface area contributed by atoms with Crippen LogP contribution < -0.4 is 10.2 Å². The van der Waals surface area contributed by atoms with Crippen molar-refractivity contribution in [1.29, 1.82) is 0 Å². The maximum atomic E-state index is 12.7. The fourth-order valence-corrected chi connectivity index (χ4v) is 3.40. The highest BCUT2D eigenvalue weighted by molar-refractivity contribution is 5.96. The number of para-hydroxylation sites is 1. The number of ether oxygens (including phenoxy) is 1. The third kappa shape index (κ3) is 3.11. The number of hydrogen-bond acceptors (Lipinski definition) is 4. The molecule has 1 aromatic rings. The average Bonchev–Trinajstić information content (AvgIpc) is 3.43.